The molecule has 0 spiro atoms. The van der Waals surface area contributed by atoms with Crippen molar-refractivity contribution < 1.29 is 0 Å². The molecule has 2 atom stereocenters. The van der Waals surface area contributed by atoms with Gasteiger partial charge in [-0.3, -0.25) is 0 Å². The average Bonchev–Trinajstić information content (AvgIpc) is 3.53. The molecule has 0 N–H and O–H groups in total. The van der Waals surface area contributed by atoms with Gasteiger partial charge in [0.2, 0.25) is 0 Å². The van der Waals surface area contributed by atoms with Crippen LogP contribution in [0.25, 0.3) is 0 Å². The van der Waals surface area contributed by atoms with Gasteiger partial charge in [0.25, 0.3) is 0 Å². The molecule has 1 aliphatic heterocycles. The summed E-state index contributed by atoms with van der Waals surface area (Å²) in [7, 11) is -0.496. The Kier molecular flexibility index (Phi) is 12.1. The highest BCUT2D eigenvalue weighted by atomic mass is 35.5. The molecule has 4 aliphatic rings. The lowest BCUT2D eigenvalue weighted by Gasteiger charge is -2.52. The topological polar surface area (TPSA) is 6.48 Å². The molecule has 2 nitrogen and oxygen atoms in total. The zero-order valence-electron chi connectivity index (χ0n) is 33.6. The molecule has 0 amide bonds. The Labute approximate surface area is 333 Å². The maximum Gasteiger partial charge on any atom is 0.118 e. The van der Waals surface area contributed by atoms with E-state index in [1.807, 2.05) is 0 Å². The molecule has 0 bridgehead atoms. The summed E-state index contributed by atoms with van der Waals surface area (Å²) < 4.78 is -0.402. The fourth-order valence-electron chi connectivity index (χ4n) is 11.1. The summed E-state index contributed by atoms with van der Waals surface area (Å²) in [5.41, 5.74) is 17.6. The van der Waals surface area contributed by atoms with Gasteiger partial charge in [-0.05, 0) is 138 Å². The smallest absolute Gasteiger partial charge is 0.118 e. The average molecular weight is 770 g/mol. The summed E-state index contributed by atoms with van der Waals surface area (Å²) in [4.78, 5) is 5.32. The van der Waals surface area contributed by atoms with E-state index < -0.39 is 12.5 Å². The largest absolute Gasteiger partial charge is 0.325 e. The van der Waals surface area contributed by atoms with Crippen LogP contribution in [0.5, 0.6) is 0 Å². The van der Waals surface area contributed by atoms with Gasteiger partial charge >= 0.3 is 0 Å². The van der Waals surface area contributed by atoms with Gasteiger partial charge in [-0.25, -0.2) is 0 Å². The van der Waals surface area contributed by atoms with Crippen LogP contribution >= 0.6 is 31.1 Å². The number of alkyl halides is 2. The van der Waals surface area contributed by atoms with Crippen molar-refractivity contribution in [3.63, 3.8) is 0 Å². The number of allylic oxidation sites excluding steroid dienone is 3. The zero-order valence-corrected chi connectivity index (χ0v) is 36.0. The Bertz CT molecular complexity index is 1720. The quantitative estimate of drug-likeness (QED) is 0.174. The van der Waals surface area contributed by atoms with Crippen LogP contribution in [-0.4, -0.2) is 34.4 Å². The summed E-state index contributed by atoms with van der Waals surface area (Å²) in [6, 6.07) is 20.6. The van der Waals surface area contributed by atoms with Crippen molar-refractivity contribution in [2.75, 3.05) is 22.9 Å². The van der Waals surface area contributed by atoms with Crippen LogP contribution in [0.15, 0.2) is 77.1 Å². The minimum Gasteiger partial charge on any atom is -0.325 e. The van der Waals surface area contributed by atoms with E-state index in [0.29, 0.717) is 0 Å². The van der Waals surface area contributed by atoms with Crippen molar-refractivity contribution in [2.24, 2.45) is 0 Å². The SMILES string of the molecule is CC(Cc1ccccc1)=C1C(=C2N(c3c(C)cc(C)cc3C)CCN2c2c(C)cc(C)cc2C)C(Cl)CCC1(Cl)P(C1CCCCC1)C1CCCCC1. The Hall–Kier alpha value is -2.25. The maximum absolute atomic E-state index is 8.77. The van der Waals surface area contributed by atoms with E-state index in [1.54, 1.807) is 0 Å². The maximum atomic E-state index is 8.77. The van der Waals surface area contributed by atoms with E-state index in [4.69, 9.17) is 23.2 Å². The molecular weight excluding hydrogens is 706 g/mol. The third-order valence-electron chi connectivity index (χ3n) is 12.9. The Morgan fingerprint density at radius 2 is 1.13 bits per heavy atom. The van der Waals surface area contributed by atoms with Crippen LogP contribution in [-0.2, 0) is 6.42 Å². The highest BCUT2D eigenvalue weighted by Crippen LogP contribution is 2.72. The molecule has 0 radical (unpaired) electrons. The van der Waals surface area contributed by atoms with E-state index in [2.05, 4.69) is 113 Å². The van der Waals surface area contributed by atoms with Crippen LogP contribution < -0.4 is 9.80 Å². The van der Waals surface area contributed by atoms with Gasteiger partial charge in [-0.15, -0.1) is 23.2 Å². The second kappa shape index (κ2) is 16.5. The van der Waals surface area contributed by atoms with E-state index in [0.717, 1.165) is 43.7 Å². The van der Waals surface area contributed by atoms with Crippen molar-refractivity contribution in [1.29, 1.82) is 0 Å². The predicted molar refractivity (Wildman–Crippen MR) is 234 cm³/mol. The van der Waals surface area contributed by atoms with Gasteiger partial charge in [0.1, 0.15) is 5.82 Å². The molecule has 7 rings (SSSR count). The number of hydrogen-bond acceptors (Lipinski definition) is 2. The standard InChI is InChI=1S/C48H63Cl2N2P/c1-32-27-35(4)45(36(5)28-32)51-25-26-52(46-37(6)29-33(2)30-38(46)7)47(51)43-42(49)23-24-48(50,44(43)34(3)31-39-17-11-8-12-18-39)53(40-19-13-9-14-20-40)41-21-15-10-16-22-41/h8,11-12,17-18,27-30,40-42H,9-10,13-16,19-26,31H2,1-7H3. The van der Waals surface area contributed by atoms with Gasteiger partial charge in [-0.1, -0.05) is 118 Å². The zero-order chi connectivity index (χ0) is 37.4. The van der Waals surface area contributed by atoms with Gasteiger partial charge in [0.05, 0.1) is 9.99 Å². The van der Waals surface area contributed by atoms with Crippen LogP contribution in [0.3, 0.4) is 0 Å². The number of halogens is 2. The van der Waals surface area contributed by atoms with Crippen molar-refractivity contribution in [3.8, 4) is 0 Å². The normalized spacial score (nSPS) is 24.5. The molecule has 284 valence electrons. The van der Waals surface area contributed by atoms with Crippen molar-refractivity contribution >= 4 is 42.5 Å². The van der Waals surface area contributed by atoms with E-state index in [1.165, 1.54) is 137 Å². The van der Waals surface area contributed by atoms with E-state index in [9.17, 15) is 0 Å². The highest BCUT2D eigenvalue weighted by molar-refractivity contribution is 7.63. The second-order valence-corrected chi connectivity index (χ2v) is 21.6. The lowest BCUT2D eigenvalue weighted by atomic mass is 9.83. The molecule has 3 aromatic carbocycles. The van der Waals surface area contributed by atoms with Crippen LogP contribution in [0.1, 0.15) is 123 Å². The highest BCUT2D eigenvalue weighted by Gasteiger charge is 2.53. The number of hydrogen-bond donors (Lipinski definition) is 0. The van der Waals surface area contributed by atoms with Gasteiger partial charge in [0, 0.05) is 30.0 Å². The number of aryl methyl sites for hydroxylation is 6. The summed E-state index contributed by atoms with van der Waals surface area (Å²) in [6.07, 6.45) is 16.4. The Morgan fingerprint density at radius 3 is 1.58 bits per heavy atom. The summed E-state index contributed by atoms with van der Waals surface area (Å²) >= 11 is 16.7. The van der Waals surface area contributed by atoms with E-state index >= 15 is 0 Å². The van der Waals surface area contributed by atoms with Crippen LogP contribution in [0, 0.1) is 41.5 Å². The number of rotatable bonds is 7. The lowest BCUT2D eigenvalue weighted by Crippen LogP contribution is -2.42. The van der Waals surface area contributed by atoms with Crippen molar-refractivity contribution in [3.05, 3.63) is 116 Å². The van der Waals surface area contributed by atoms with Gasteiger partial charge in [-0.2, -0.15) is 0 Å². The number of benzene rings is 3. The fraction of sp³-hybridized carbons (Fsp3) is 0.542. The summed E-state index contributed by atoms with van der Waals surface area (Å²) in [5, 5.41) is -0.118. The monoisotopic (exact) mass is 768 g/mol. The first-order chi connectivity index (χ1) is 25.5. The van der Waals surface area contributed by atoms with Gasteiger partial charge < -0.3 is 9.80 Å². The molecule has 2 unspecified atom stereocenters. The van der Waals surface area contributed by atoms with Crippen LogP contribution in [0.4, 0.5) is 11.4 Å². The third kappa shape index (κ3) is 7.78. The second-order valence-electron chi connectivity index (χ2n) is 17.1. The molecule has 3 aliphatic carbocycles. The third-order valence-corrected chi connectivity index (χ3v) is 18.2. The minimum absolute atomic E-state index is 0.118. The van der Waals surface area contributed by atoms with Crippen molar-refractivity contribution in [1.82, 2.24) is 0 Å². The Morgan fingerprint density at radius 1 is 0.679 bits per heavy atom. The Balaban J connectivity index is 1.53. The van der Waals surface area contributed by atoms with Crippen LogP contribution in [0.2, 0.25) is 0 Å². The molecule has 1 heterocycles. The summed E-state index contributed by atoms with van der Waals surface area (Å²) in [5.74, 6) is 1.28. The molecule has 5 heteroatoms. The molecule has 4 fully saturated rings. The first-order valence-corrected chi connectivity index (χ1v) is 23.1. The number of anilines is 2. The molecule has 3 saturated carbocycles. The predicted octanol–water partition coefficient (Wildman–Crippen LogP) is 14.1. The first-order valence-electron chi connectivity index (χ1n) is 20.8. The lowest BCUT2D eigenvalue weighted by molar-refractivity contribution is 0.476. The summed E-state index contributed by atoms with van der Waals surface area (Å²) in [6.45, 7) is 17.9. The van der Waals surface area contributed by atoms with E-state index in [-0.39, 0.29) is 5.38 Å². The molecular formula is C48H63Cl2N2P. The van der Waals surface area contributed by atoms with Crippen molar-refractivity contribution in [2.45, 2.75) is 153 Å². The molecule has 1 saturated heterocycles. The molecule has 0 aromatic heterocycles. The fourth-order valence-corrected chi connectivity index (χ4v) is 17.2. The minimum atomic E-state index is -0.496. The molecule has 3 aromatic rings. The first kappa shape index (κ1) is 39.0. The molecule has 53 heavy (non-hydrogen) atoms. The van der Waals surface area contributed by atoms with Gasteiger partial charge in [0.15, 0.2) is 0 Å². The number of nitrogens with zero attached hydrogens (tertiary/aromatic N) is 2.